The van der Waals surface area contributed by atoms with E-state index in [1.807, 2.05) is 0 Å². The van der Waals surface area contributed by atoms with Crippen molar-refractivity contribution in [2.75, 3.05) is 6.54 Å². The smallest absolute Gasteiger partial charge is 0.391 e. The maximum Gasteiger partial charge on any atom is 0.391 e. The predicted octanol–water partition coefficient (Wildman–Crippen LogP) is 5.37. The molecule has 0 bridgehead atoms. The number of aromatic nitrogens is 3. The lowest BCUT2D eigenvalue weighted by Crippen LogP contribution is -2.31. The first kappa shape index (κ1) is 32.3. The molecular weight excluding hydrogens is 547 g/mol. The molecule has 39 heavy (non-hydrogen) atoms. The summed E-state index contributed by atoms with van der Waals surface area (Å²) in [6.07, 6.45) is 1.05. The van der Waals surface area contributed by atoms with Gasteiger partial charge in [-0.3, -0.25) is 9.36 Å². The van der Waals surface area contributed by atoms with Crippen molar-refractivity contribution in [2.24, 2.45) is 17.8 Å². The van der Waals surface area contributed by atoms with Crippen LogP contribution in [0.1, 0.15) is 74.0 Å². The Morgan fingerprint density at radius 1 is 1.23 bits per heavy atom. The van der Waals surface area contributed by atoms with Gasteiger partial charge in [0.05, 0.1) is 11.6 Å². The summed E-state index contributed by atoms with van der Waals surface area (Å²) >= 11 is -0.750. The van der Waals surface area contributed by atoms with Gasteiger partial charge in [-0.05, 0) is 49.7 Å². The summed E-state index contributed by atoms with van der Waals surface area (Å²) in [5.41, 5.74) is 0.634. The topological polar surface area (TPSA) is 103 Å². The number of amides is 1. The largest absolute Gasteiger partial charge is 0.431 e. The maximum absolute atomic E-state index is 13.2. The minimum absolute atomic E-state index is 0.0547. The first-order valence-electron chi connectivity index (χ1n) is 12.6. The Morgan fingerprint density at radius 2 is 1.85 bits per heavy atom. The molecule has 0 aromatic carbocycles. The molecule has 1 saturated carbocycles. The number of alkyl halides is 5. The van der Waals surface area contributed by atoms with Gasteiger partial charge in [0, 0.05) is 19.2 Å². The van der Waals surface area contributed by atoms with Crippen LogP contribution in [0, 0.1) is 24.7 Å². The van der Waals surface area contributed by atoms with E-state index in [4.69, 9.17) is 8.42 Å². The van der Waals surface area contributed by atoms with Crippen LogP contribution < -0.4 is 10.1 Å². The summed E-state index contributed by atoms with van der Waals surface area (Å²) < 4.78 is 88.1. The number of carbonyl (C=O) groups is 1. The Morgan fingerprint density at radius 3 is 2.38 bits per heavy atom. The van der Waals surface area contributed by atoms with Gasteiger partial charge in [-0.1, -0.05) is 33.6 Å². The monoisotopic (exact) mass is 580 g/mol. The first-order valence-corrected chi connectivity index (χ1v) is 13.3. The van der Waals surface area contributed by atoms with E-state index in [9.17, 15) is 26.7 Å². The number of imidazole rings is 1. The van der Waals surface area contributed by atoms with Gasteiger partial charge in [0.25, 0.3) is 5.91 Å². The molecule has 1 amide bonds. The quantitative estimate of drug-likeness (QED) is 0.401. The zero-order valence-electron chi connectivity index (χ0n) is 22.2. The average molecular weight is 581 g/mol. The van der Waals surface area contributed by atoms with E-state index >= 15 is 0 Å². The molecule has 1 atom stereocenters. The maximum atomic E-state index is 13.2. The van der Waals surface area contributed by atoms with Crippen LogP contribution in [0.3, 0.4) is 0 Å². The molecule has 0 unspecified atom stereocenters. The normalized spacial score (nSPS) is 18.2. The fourth-order valence-electron chi connectivity index (χ4n) is 4.56. The minimum Gasteiger partial charge on any atom is -0.431 e. The molecule has 218 valence electrons. The summed E-state index contributed by atoms with van der Waals surface area (Å²) in [7, 11) is 0. The fraction of sp³-hybridized carbons (Fsp3) is 0.640. The molecule has 1 aliphatic rings. The molecule has 2 heterocycles. The highest BCUT2D eigenvalue weighted by atomic mass is 32.1. The molecule has 14 heteroatoms. The van der Waals surface area contributed by atoms with Gasteiger partial charge in [-0.25, -0.2) is 9.97 Å². The Labute approximate surface area is 227 Å². The second-order valence-electron chi connectivity index (χ2n) is 9.75. The van der Waals surface area contributed by atoms with Crippen LogP contribution in [0.2, 0.25) is 0 Å². The van der Waals surface area contributed by atoms with Crippen molar-refractivity contribution in [3.63, 3.8) is 0 Å². The molecule has 0 radical (unpaired) electrons. The number of nitrogens with one attached hydrogen (secondary N) is 1. The van der Waals surface area contributed by atoms with Crippen molar-refractivity contribution in [2.45, 2.75) is 79.0 Å². The summed E-state index contributed by atoms with van der Waals surface area (Å²) in [6, 6.07) is 1.14. The molecule has 1 fully saturated rings. The zero-order chi connectivity index (χ0) is 29.3. The number of halogens is 5. The number of carbonyl (C=O) groups excluding carboxylic acids is 1. The van der Waals surface area contributed by atoms with E-state index in [2.05, 4.69) is 26.9 Å². The van der Waals surface area contributed by atoms with E-state index in [1.54, 1.807) is 13.8 Å². The van der Waals surface area contributed by atoms with Gasteiger partial charge >= 0.3 is 24.4 Å². The molecule has 1 N–H and O–H groups in total. The second-order valence-corrected chi connectivity index (χ2v) is 9.88. The number of pyridine rings is 1. The number of nitrogens with zero attached hydrogens (tertiary/aromatic N) is 3. The Hall–Kier alpha value is -2.90. The van der Waals surface area contributed by atoms with Gasteiger partial charge in [-0.2, -0.15) is 30.4 Å². The number of rotatable bonds is 9. The number of hydrogen-bond donors (Lipinski definition) is 1. The van der Waals surface area contributed by atoms with Gasteiger partial charge in [-0.15, -0.1) is 0 Å². The van der Waals surface area contributed by atoms with Gasteiger partial charge in [0.1, 0.15) is 11.5 Å². The molecule has 3 rings (SSSR count). The fourth-order valence-corrected chi connectivity index (χ4v) is 4.56. The molecule has 2 aromatic heterocycles. The van der Waals surface area contributed by atoms with Gasteiger partial charge in [0.2, 0.25) is 0 Å². The third kappa shape index (κ3) is 9.07. The Balaban J connectivity index is 0.00000170. The first-order chi connectivity index (χ1) is 18.3. The van der Waals surface area contributed by atoms with E-state index in [1.165, 1.54) is 10.8 Å². The summed E-state index contributed by atoms with van der Waals surface area (Å²) in [4.78, 5) is 21.5. The van der Waals surface area contributed by atoms with Gasteiger partial charge < -0.3 is 10.1 Å². The zero-order valence-corrected chi connectivity index (χ0v) is 23.0. The van der Waals surface area contributed by atoms with E-state index < -0.39 is 36.7 Å². The highest BCUT2D eigenvalue weighted by molar-refractivity contribution is 7.51. The number of ether oxygens (including phenoxy) is 1. The lowest BCUT2D eigenvalue weighted by Gasteiger charge is -2.26. The predicted molar refractivity (Wildman–Crippen MR) is 133 cm³/mol. The third-order valence-corrected chi connectivity index (χ3v) is 6.81. The third-order valence-electron chi connectivity index (χ3n) is 6.81. The molecule has 0 spiro atoms. The molecule has 8 nitrogen and oxygen atoms in total. The summed E-state index contributed by atoms with van der Waals surface area (Å²) in [5.74, 6) is -0.997. The molecule has 2 aromatic rings. The van der Waals surface area contributed by atoms with Crippen LogP contribution in [0.4, 0.5) is 22.0 Å². The molecular formula is C25H33F5N4O4S. The summed E-state index contributed by atoms with van der Waals surface area (Å²) in [6.45, 7) is 3.96. The summed E-state index contributed by atoms with van der Waals surface area (Å²) in [5, 5.41) is 2.94. The van der Waals surface area contributed by atoms with Crippen molar-refractivity contribution < 1.29 is 39.9 Å². The van der Waals surface area contributed by atoms with Crippen molar-refractivity contribution in [1.82, 2.24) is 19.9 Å². The SMILES string of the molecule is CCc1nc(C(=O)NCC2CCC(C)CC2)c(C)n1-c1ncc(C[C@@H](C)C(F)(F)F)cc1OC(F)F.O=S=O. The molecule has 0 aliphatic heterocycles. The average Bonchev–Trinajstić information content (AvgIpc) is 3.19. The lowest BCUT2D eigenvalue weighted by atomic mass is 9.83. The molecule has 1 aliphatic carbocycles. The van der Waals surface area contributed by atoms with E-state index in [0.29, 0.717) is 36.3 Å². The lowest BCUT2D eigenvalue weighted by molar-refractivity contribution is -0.169. The van der Waals surface area contributed by atoms with E-state index in [-0.39, 0.29) is 28.7 Å². The minimum atomic E-state index is -4.43. The van der Waals surface area contributed by atoms with Crippen molar-refractivity contribution in [3.05, 3.63) is 35.0 Å². The second kappa shape index (κ2) is 14.5. The number of aryl methyl sites for hydroxylation is 1. The van der Waals surface area contributed by atoms with Crippen LogP contribution in [0.25, 0.3) is 5.82 Å². The molecule has 0 saturated heterocycles. The van der Waals surface area contributed by atoms with Crippen molar-refractivity contribution in [3.8, 4) is 11.6 Å². The standard InChI is InChI=1S/C25H33F5N4O2.O2S/c1-5-20-33-21(23(35)32-12-17-8-6-14(2)7-9-17)16(4)34(20)22-19(36-24(26)27)11-18(13-31-22)10-15(3)25(28,29)30;1-3-2/h11,13-15,17,24H,5-10,12H2,1-4H3,(H,32,35);/t14?,15-,17?;/m1./s1. The van der Waals surface area contributed by atoms with Crippen molar-refractivity contribution >= 4 is 17.5 Å². The van der Waals surface area contributed by atoms with Crippen LogP contribution >= 0.6 is 0 Å². The Kier molecular flexibility index (Phi) is 12.0. The van der Waals surface area contributed by atoms with Crippen LogP contribution in [-0.2, 0) is 24.4 Å². The highest BCUT2D eigenvalue weighted by Gasteiger charge is 2.36. The van der Waals surface area contributed by atoms with Crippen molar-refractivity contribution in [1.29, 1.82) is 0 Å². The Bertz CT molecular complexity index is 1140. The number of hydrogen-bond acceptors (Lipinski definition) is 6. The van der Waals surface area contributed by atoms with Crippen LogP contribution in [-0.4, -0.2) is 48.2 Å². The van der Waals surface area contributed by atoms with Crippen LogP contribution in [0.15, 0.2) is 12.3 Å². The van der Waals surface area contributed by atoms with Crippen LogP contribution in [0.5, 0.6) is 5.75 Å². The van der Waals surface area contributed by atoms with E-state index in [0.717, 1.165) is 38.7 Å². The van der Waals surface area contributed by atoms with Gasteiger partial charge in [0.15, 0.2) is 11.6 Å². The highest BCUT2D eigenvalue weighted by Crippen LogP contribution is 2.32.